The van der Waals surface area contributed by atoms with E-state index in [9.17, 15) is 5.11 Å². The van der Waals surface area contributed by atoms with Gasteiger partial charge in [-0.15, -0.1) is 11.3 Å². The van der Waals surface area contributed by atoms with Crippen LogP contribution in [0.4, 0.5) is 5.95 Å². The average Bonchev–Trinajstić information content (AvgIpc) is 3.40. The lowest BCUT2D eigenvalue weighted by atomic mass is 10.1. The van der Waals surface area contributed by atoms with E-state index in [0.29, 0.717) is 5.95 Å². The fourth-order valence-corrected chi connectivity index (χ4v) is 5.01. The quantitative estimate of drug-likeness (QED) is 0.537. The monoisotopic (exact) mass is 402 g/mol. The van der Waals surface area contributed by atoms with Crippen LogP contribution in [0.1, 0.15) is 18.5 Å². The molecular weight excluding hydrogens is 380 g/mol. The van der Waals surface area contributed by atoms with E-state index in [1.807, 2.05) is 13.0 Å². The van der Waals surface area contributed by atoms with Crippen LogP contribution in [0.3, 0.4) is 0 Å². The summed E-state index contributed by atoms with van der Waals surface area (Å²) in [6, 6.07) is 16.9. The van der Waals surface area contributed by atoms with Crippen molar-refractivity contribution >= 4 is 28.1 Å². The summed E-state index contributed by atoms with van der Waals surface area (Å²) < 4.78 is 0. The van der Waals surface area contributed by atoms with Gasteiger partial charge in [0.2, 0.25) is 5.95 Å². The topological polar surface area (TPSA) is 62.1 Å². The van der Waals surface area contributed by atoms with Gasteiger partial charge in [0, 0.05) is 18.3 Å². The molecule has 1 aliphatic heterocycles. The lowest BCUT2D eigenvalue weighted by Gasteiger charge is -2.22. The van der Waals surface area contributed by atoms with Crippen LogP contribution < -0.4 is 4.90 Å². The minimum absolute atomic E-state index is 0.112. The van der Waals surface area contributed by atoms with E-state index < -0.39 is 0 Å². The maximum Gasteiger partial charge on any atom is 0.226 e. The zero-order valence-electron chi connectivity index (χ0n) is 16.2. The Kier molecular flexibility index (Phi) is 4.73. The van der Waals surface area contributed by atoms with Gasteiger partial charge < -0.3 is 10.0 Å². The Hall–Kier alpha value is -2.83. The molecule has 6 heteroatoms. The van der Waals surface area contributed by atoms with Crippen molar-refractivity contribution in [3.05, 3.63) is 60.4 Å². The Balaban J connectivity index is 1.51. The van der Waals surface area contributed by atoms with Gasteiger partial charge in [-0.2, -0.15) is 0 Å². The maximum atomic E-state index is 9.63. The first kappa shape index (κ1) is 18.2. The maximum absolute atomic E-state index is 9.63. The molecule has 1 saturated heterocycles. The summed E-state index contributed by atoms with van der Waals surface area (Å²) in [6.45, 7) is 3.06. The lowest BCUT2D eigenvalue weighted by Crippen LogP contribution is -2.33. The molecule has 0 saturated carbocycles. The number of aryl methyl sites for hydroxylation is 1. The number of benzene rings is 2. The minimum Gasteiger partial charge on any atom is -0.394 e. The second kappa shape index (κ2) is 7.54. The highest BCUT2D eigenvalue weighted by Gasteiger charge is 2.26. The van der Waals surface area contributed by atoms with Gasteiger partial charge in [-0.05, 0) is 42.7 Å². The molecule has 1 atom stereocenters. The summed E-state index contributed by atoms with van der Waals surface area (Å²) in [5.74, 6) is 0.694. The summed E-state index contributed by atoms with van der Waals surface area (Å²) >= 11 is 1.66. The molecule has 0 aliphatic carbocycles. The van der Waals surface area contributed by atoms with Crippen molar-refractivity contribution in [1.29, 1.82) is 0 Å². The summed E-state index contributed by atoms with van der Waals surface area (Å²) in [7, 11) is 0. The molecule has 4 aromatic rings. The number of aliphatic hydroxyl groups is 1. The van der Waals surface area contributed by atoms with Gasteiger partial charge in [0.1, 0.15) is 5.01 Å². The number of aromatic nitrogens is 3. The van der Waals surface area contributed by atoms with Gasteiger partial charge in [0.05, 0.1) is 28.9 Å². The van der Waals surface area contributed by atoms with Gasteiger partial charge in [-0.1, -0.05) is 36.4 Å². The molecular formula is C23H22N4OS. The second-order valence-corrected chi connectivity index (χ2v) is 8.41. The summed E-state index contributed by atoms with van der Waals surface area (Å²) in [5.41, 5.74) is 2.99. The molecule has 0 unspecified atom stereocenters. The van der Waals surface area contributed by atoms with Crippen LogP contribution in [0.2, 0.25) is 0 Å². The molecule has 3 heterocycles. The van der Waals surface area contributed by atoms with Crippen molar-refractivity contribution in [2.24, 2.45) is 0 Å². The van der Waals surface area contributed by atoms with Crippen molar-refractivity contribution < 1.29 is 5.11 Å². The van der Waals surface area contributed by atoms with E-state index in [0.717, 1.165) is 46.2 Å². The number of anilines is 1. The summed E-state index contributed by atoms with van der Waals surface area (Å²) in [4.78, 5) is 17.3. The minimum atomic E-state index is 0.112. The number of hydrogen-bond acceptors (Lipinski definition) is 6. The van der Waals surface area contributed by atoms with E-state index in [-0.39, 0.29) is 12.6 Å². The molecule has 2 aromatic carbocycles. The molecule has 2 aromatic heterocycles. The van der Waals surface area contributed by atoms with E-state index in [4.69, 9.17) is 9.97 Å². The summed E-state index contributed by atoms with van der Waals surface area (Å²) in [5, 5.41) is 13.1. The molecule has 0 bridgehead atoms. The molecule has 0 amide bonds. The van der Waals surface area contributed by atoms with Crippen LogP contribution in [-0.4, -0.2) is 39.3 Å². The molecule has 1 aliphatic rings. The number of thiazole rings is 1. The van der Waals surface area contributed by atoms with E-state index in [1.54, 1.807) is 17.5 Å². The molecule has 0 spiro atoms. The molecule has 29 heavy (non-hydrogen) atoms. The van der Waals surface area contributed by atoms with Crippen LogP contribution in [-0.2, 0) is 0 Å². The molecule has 0 radical (unpaired) electrons. The van der Waals surface area contributed by atoms with E-state index in [1.165, 1.54) is 10.8 Å². The zero-order chi connectivity index (χ0) is 19.8. The number of rotatable bonds is 4. The molecule has 146 valence electrons. The third-order valence-electron chi connectivity index (χ3n) is 5.51. The zero-order valence-corrected chi connectivity index (χ0v) is 17.1. The largest absolute Gasteiger partial charge is 0.394 e. The van der Waals surface area contributed by atoms with Crippen LogP contribution in [0.15, 0.2) is 54.7 Å². The Morgan fingerprint density at radius 3 is 2.83 bits per heavy atom. The fraction of sp³-hybridized carbons (Fsp3) is 0.261. The Morgan fingerprint density at radius 2 is 1.97 bits per heavy atom. The third kappa shape index (κ3) is 3.39. The smallest absolute Gasteiger partial charge is 0.226 e. The van der Waals surface area contributed by atoms with Crippen molar-refractivity contribution in [1.82, 2.24) is 15.0 Å². The number of hydrogen-bond donors (Lipinski definition) is 1. The first-order valence-corrected chi connectivity index (χ1v) is 10.7. The highest BCUT2D eigenvalue weighted by atomic mass is 32.1. The van der Waals surface area contributed by atoms with Gasteiger partial charge in [0.15, 0.2) is 0 Å². The van der Waals surface area contributed by atoms with Crippen molar-refractivity contribution in [2.75, 3.05) is 18.1 Å². The van der Waals surface area contributed by atoms with Gasteiger partial charge in [-0.25, -0.2) is 15.0 Å². The molecule has 5 rings (SSSR count). The predicted molar refractivity (Wildman–Crippen MR) is 118 cm³/mol. The Bertz CT molecular complexity index is 1170. The van der Waals surface area contributed by atoms with Crippen LogP contribution in [0, 0.1) is 6.92 Å². The molecule has 1 N–H and O–H groups in total. The number of nitrogens with zero attached hydrogens (tertiary/aromatic N) is 4. The number of aliphatic hydroxyl groups excluding tert-OH is 1. The third-order valence-corrected chi connectivity index (χ3v) is 6.74. The SMILES string of the molecule is Cc1nc(-c2ccc3ccccc3c2)sc1-c1ccnc(N2CCC[C@H]2CO)n1. The second-order valence-electron chi connectivity index (χ2n) is 7.41. The first-order chi connectivity index (χ1) is 14.2. The van der Waals surface area contributed by atoms with Crippen LogP contribution >= 0.6 is 11.3 Å². The molecule has 1 fully saturated rings. The summed E-state index contributed by atoms with van der Waals surface area (Å²) in [6.07, 6.45) is 3.85. The van der Waals surface area contributed by atoms with Crippen molar-refractivity contribution in [3.8, 4) is 21.1 Å². The molecule has 5 nitrogen and oxygen atoms in total. The van der Waals surface area contributed by atoms with Crippen molar-refractivity contribution in [3.63, 3.8) is 0 Å². The lowest BCUT2D eigenvalue weighted by molar-refractivity contribution is 0.265. The van der Waals surface area contributed by atoms with E-state index in [2.05, 4.69) is 52.3 Å². The van der Waals surface area contributed by atoms with Crippen LogP contribution in [0.5, 0.6) is 0 Å². The Labute approximate surface area is 173 Å². The highest BCUT2D eigenvalue weighted by Crippen LogP contribution is 2.36. The highest BCUT2D eigenvalue weighted by molar-refractivity contribution is 7.18. The average molecular weight is 403 g/mol. The number of fused-ring (bicyclic) bond motifs is 1. The van der Waals surface area contributed by atoms with E-state index >= 15 is 0 Å². The first-order valence-electron chi connectivity index (χ1n) is 9.90. The van der Waals surface area contributed by atoms with Crippen molar-refractivity contribution in [2.45, 2.75) is 25.8 Å². The normalized spacial score (nSPS) is 16.6. The van der Waals surface area contributed by atoms with Gasteiger partial charge in [-0.3, -0.25) is 0 Å². The Morgan fingerprint density at radius 1 is 1.10 bits per heavy atom. The predicted octanol–water partition coefficient (Wildman–Crippen LogP) is 4.69. The standard InChI is InChI=1S/C23H22N4OS/c1-15-21(20-10-11-24-23(26-20)27-12-4-7-19(27)14-28)29-22(25-15)18-9-8-16-5-2-3-6-17(16)13-18/h2-3,5-6,8-11,13,19,28H,4,7,12,14H2,1H3/t19-/m0/s1. The fourth-order valence-electron chi connectivity index (χ4n) is 3.98. The van der Waals surface area contributed by atoms with Crippen LogP contribution in [0.25, 0.3) is 31.9 Å². The van der Waals surface area contributed by atoms with Gasteiger partial charge >= 0.3 is 0 Å². The van der Waals surface area contributed by atoms with Gasteiger partial charge in [0.25, 0.3) is 0 Å².